The molecule has 4 fully saturated rings. The minimum Gasteiger partial charge on any atom is -0.508 e. The van der Waals surface area contributed by atoms with Crippen LogP contribution in [-0.4, -0.2) is 130 Å². The average molecular weight is 982 g/mol. The molecular formula is C58H75N7O7. The van der Waals surface area contributed by atoms with E-state index in [0.717, 1.165) is 54.6 Å². The van der Waals surface area contributed by atoms with Gasteiger partial charge in [0.15, 0.2) is 0 Å². The summed E-state index contributed by atoms with van der Waals surface area (Å²) >= 11 is 0. The van der Waals surface area contributed by atoms with Gasteiger partial charge < -0.3 is 34.4 Å². The Bertz CT molecular complexity index is 2730. The van der Waals surface area contributed by atoms with Crippen LogP contribution in [0.15, 0.2) is 73.3 Å². The fourth-order valence-electron chi connectivity index (χ4n) is 12.3. The smallest absolute Gasteiger partial charge is 0.324 e. The number of nitrogens with zero attached hydrogens (tertiary/aromatic N) is 5. The van der Waals surface area contributed by atoms with E-state index < -0.39 is 40.8 Å². The number of carbonyl (C=O) groups excluding carboxylic acids is 5. The summed E-state index contributed by atoms with van der Waals surface area (Å²) in [5.74, 6) is -2.84. The second-order valence-electron chi connectivity index (χ2n) is 22.4. The predicted octanol–water partition coefficient (Wildman–Crippen LogP) is 7.29. The van der Waals surface area contributed by atoms with E-state index in [1.165, 1.54) is 51.2 Å². The van der Waals surface area contributed by atoms with Crippen LogP contribution in [0, 0.1) is 23.2 Å². The van der Waals surface area contributed by atoms with Gasteiger partial charge in [-0.1, -0.05) is 70.7 Å². The normalized spacial score (nSPS) is 23.2. The van der Waals surface area contributed by atoms with Crippen LogP contribution in [-0.2, 0) is 54.5 Å². The summed E-state index contributed by atoms with van der Waals surface area (Å²) in [5.41, 5.74) is 9.50. The summed E-state index contributed by atoms with van der Waals surface area (Å²) in [6.07, 6.45) is 8.13. The summed E-state index contributed by atoms with van der Waals surface area (Å²) in [6, 6.07) is 19.0. The molecule has 5 aliphatic rings. The van der Waals surface area contributed by atoms with Gasteiger partial charge in [-0.2, -0.15) is 0 Å². The third-order valence-corrected chi connectivity index (χ3v) is 16.1. The predicted molar refractivity (Wildman–Crippen MR) is 279 cm³/mol. The van der Waals surface area contributed by atoms with Crippen LogP contribution < -0.4 is 10.7 Å². The summed E-state index contributed by atoms with van der Waals surface area (Å²) in [5, 5.41) is 17.5. The molecule has 4 aromatic rings. The number of carbonyl (C=O) groups is 5. The van der Waals surface area contributed by atoms with Crippen molar-refractivity contribution in [2.75, 3.05) is 52.9 Å². The van der Waals surface area contributed by atoms with Gasteiger partial charge in [-0.25, -0.2) is 5.43 Å². The summed E-state index contributed by atoms with van der Waals surface area (Å²) in [6.45, 7) is 18.9. The summed E-state index contributed by atoms with van der Waals surface area (Å²) in [7, 11) is 1.62. The number of fused-ring (bicyclic) bond motifs is 6. The molecule has 4 aliphatic heterocycles. The lowest BCUT2D eigenvalue weighted by Crippen LogP contribution is -2.69. The number of aromatic nitrogens is 1. The lowest BCUT2D eigenvalue weighted by atomic mass is 9.82. The standard InChI is InChI=1S/C58H75N7O7/c1-8-50(67)63-28-23-41(35-63)54(69)61(7)51(37(3)4)53(68)59-58(43-19-20-43)33-38-29-42(31-44(66)30-38)40-18-21-49-46(32-40)47(34-57(5,6)36-72-55(70)48-17-14-26-65(60-48)56(58)71)52(64(49)9-2)45-16-11-10-15-39(45)22-27-62-24-12-13-25-62/h8,10-11,15-16,18,21,29-32,37,41,43,48,51,60,66H,1,9,12-14,17,19-20,22-28,33-36H2,2-7H3,(H,59,68)/t41-,48-,51-,58+/m0/s1. The third-order valence-electron chi connectivity index (χ3n) is 16.1. The van der Waals surface area contributed by atoms with Gasteiger partial charge in [0, 0.05) is 68.1 Å². The fourth-order valence-corrected chi connectivity index (χ4v) is 12.3. The van der Waals surface area contributed by atoms with E-state index in [1.54, 1.807) is 24.1 Å². The maximum Gasteiger partial charge on any atom is 0.324 e. The number of rotatable bonds is 12. The molecule has 14 heteroatoms. The molecule has 1 aromatic heterocycles. The average Bonchev–Trinajstić information content (AvgIpc) is 3.73. The zero-order valence-corrected chi connectivity index (χ0v) is 43.3. The van der Waals surface area contributed by atoms with E-state index in [9.17, 15) is 19.5 Å². The first-order valence-electron chi connectivity index (χ1n) is 26.5. The van der Waals surface area contributed by atoms with E-state index in [0.29, 0.717) is 57.2 Å². The van der Waals surface area contributed by atoms with Crippen LogP contribution in [0.25, 0.3) is 33.3 Å². The molecule has 6 bridgehead atoms. The molecule has 0 radical (unpaired) electrons. The molecule has 4 atom stereocenters. The van der Waals surface area contributed by atoms with Gasteiger partial charge in [-0.15, -0.1) is 0 Å². The molecule has 9 rings (SSSR count). The quantitative estimate of drug-likeness (QED) is 0.0981. The number of phenolic OH excluding ortho intramolecular Hbond substituents is 1. The highest BCUT2D eigenvalue weighted by Gasteiger charge is 2.55. The molecule has 1 aliphatic carbocycles. The summed E-state index contributed by atoms with van der Waals surface area (Å²) in [4.78, 5) is 77.2. The Morgan fingerprint density at radius 3 is 2.43 bits per heavy atom. The van der Waals surface area contributed by atoms with Crippen molar-refractivity contribution < 1.29 is 33.8 Å². The van der Waals surface area contributed by atoms with Gasteiger partial charge in [0.05, 0.1) is 18.2 Å². The van der Waals surface area contributed by atoms with Gasteiger partial charge in [0.2, 0.25) is 17.7 Å². The van der Waals surface area contributed by atoms with E-state index >= 15 is 9.59 Å². The Balaban J connectivity index is 1.14. The first-order valence-corrected chi connectivity index (χ1v) is 26.5. The number of hydrogen-bond donors (Lipinski definition) is 3. The molecule has 0 unspecified atom stereocenters. The molecule has 0 spiro atoms. The van der Waals surface area contributed by atoms with E-state index in [2.05, 4.69) is 90.0 Å². The molecule has 384 valence electrons. The van der Waals surface area contributed by atoms with Crippen molar-refractivity contribution >= 4 is 40.5 Å². The molecule has 3 saturated heterocycles. The Kier molecular flexibility index (Phi) is 14.8. The van der Waals surface area contributed by atoms with E-state index in [4.69, 9.17) is 4.74 Å². The second kappa shape index (κ2) is 20.9. The molecular weight excluding hydrogens is 907 g/mol. The number of hydrogen-bond acceptors (Lipinski definition) is 9. The molecule has 72 heavy (non-hydrogen) atoms. The van der Waals surface area contributed by atoms with Crippen molar-refractivity contribution in [2.24, 2.45) is 23.2 Å². The van der Waals surface area contributed by atoms with Gasteiger partial charge >= 0.3 is 5.97 Å². The third kappa shape index (κ3) is 10.3. The van der Waals surface area contributed by atoms with Crippen molar-refractivity contribution in [1.29, 1.82) is 0 Å². The molecule has 3 N–H and O–H groups in total. The Morgan fingerprint density at radius 2 is 1.71 bits per heavy atom. The van der Waals surface area contributed by atoms with Crippen molar-refractivity contribution in [3.05, 3.63) is 90.0 Å². The topological polar surface area (TPSA) is 157 Å². The van der Waals surface area contributed by atoms with Crippen LogP contribution in [0.2, 0.25) is 0 Å². The zero-order chi connectivity index (χ0) is 51.1. The van der Waals surface area contributed by atoms with Crippen LogP contribution in [0.5, 0.6) is 5.75 Å². The van der Waals surface area contributed by atoms with Crippen LogP contribution in [0.1, 0.15) is 96.3 Å². The summed E-state index contributed by atoms with van der Waals surface area (Å²) < 4.78 is 8.68. The molecule has 3 aromatic carbocycles. The Hall–Kier alpha value is -5.99. The van der Waals surface area contributed by atoms with Crippen LogP contribution in [0.4, 0.5) is 0 Å². The first-order chi connectivity index (χ1) is 34.5. The Morgan fingerprint density at radius 1 is 0.944 bits per heavy atom. The number of likely N-dealkylation sites (tertiary alicyclic amines) is 2. The van der Waals surface area contributed by atoms with Crippen molar-refractivity contribution in [1.82, 2.24) is 35.0 Å². The maximum absolute atomic E-state index is 15.6. The highest BCUT2D eigenvalue weighted by atomic mass is 16.5. The molecule has 1 saturated carbocycles. The number of benzene rings is 3. The lowest BCUT2D eigenvalue weighted by molar-refractivity contribution is -0.158. The van der Waals surface area contributed by atoms with Gasteiger partial charge in [0.25, 0.3) is 5.91 Å². The fraction of sp³-hybridized carbons (Fsp3) is 0.534. The van der Waals surface area contributed by atoms with Gasteiger partial charge in [-0.05, 0) is 148 Å². The van der Waals surface area contributed by atoms with E-state index in [1.807, 2.05) is 19.9 Å². The number of amides is 4. The number of hydrazine groups is 1. The number of likely N-dealkylation sites (N-methyl/N-ethyl adjacent to an activating group) is 1. The van der Waals surface area contributed by atoms with Crippen molar-refractivity contribution in [2.45, 2.75) is 123 Å². The molecule has 14 nitrogen and oxygen atoms in total. The number of phenols is 1. The SMILES string of the molecule is C=CC(=O)N1CC[C@H](C(=O)N(C)[C@H](C(=O)N[C@@]2(C3CC3)Cc3cc(O)cc(c3)-c3ccc4c(c3)c(c(-c3ccccc3CCN3CCCC3)n4CC)CC(C)(C)COC(=O)[C@@H]3CCCN(N3)C2=O)C(C)C)C1. The first kappa shape index (κ1) is 50.9. The highest BCUT2D eigenvalue weighted by molar-refractivity contribution is 5.97. The number of aromatic hydroxyl groups is 1. The molecule has 5 heterocycles. The van der Waals surface area contributed by atoms with Crippen LogP contribution in [0.3, 0.4) is 0 Å². The monoisotopic (exact) mass is 982 g/mol. The number of nitrogens with one attached hydrogen (secondary N) is 2. The maximum atomic E-state index is 15.6. The van der Waals surface area contributed by atoms with Gasteiger partial charge in [-0.3, -0.25) is 29.0 Å². The number of aryl methyl sites for hydroxylation is 1. The van der Waals surface area contributed by atoms with Crippen molar-refractivity contribution in [3.8, 4) is 28.1 Å². The minimum atomic E-state index is -1.52. The van der Waals surface area contributed by atoms with E-state index in [-0.39, 0.29) is 54.9 Å². The number of esters is 1. The largest absolute Gasteiger partial charge is 0.508 e. The van der Waals surface area contributed by atoms with Gasteiger partial charge in [0.1, 0.15) is 23.4 Å². The highest BCUT2D eigenvalue weighted by Crippen LogP contribution is 2.45. The number of cyclic esters (lactones) is 1. The Labute approximate surface area is 425 Å². The zero-order valence-electron chi connectivity index (χ0n) is 43.3. The molecule has 4 amide bonds. The lowest BCUT2D eigenvalue weighted by Gasteiger charge is -2.43. The second-order valence-corrected chi connectivity index (χ2v) is 22.4. The van der Waals surface area contributed by atoms with Crippen molar-refractivity contribution in [3.63, 3.8) is 0 Å². The minimum absolute atomic E-state index is 0.0328. The van der Waals surface area contributed by atoms with Crippen LogP contribution >= 0.6 is 0 Å². The number of ether oxygens (including phenoxy) is 1.